The molecule has 0 radical (unpaired) electrons. The van der Waals surface area contributed by atoms with Crippen molar-refractivity contribution in [2.75, 3.05) is 6.54 Å². The topological polar surface area (TPSA) is 53.6 Å². The third-order valence-corrected chi connectivity index (χ3v) is 3.32. The number of aromatic nitrogens is 2. The second-order valence-corrected chi connectivity index (χ2v) is 5.41. The summed E-state index contributed by atoms with van der Waals surface area (Å²) >= 11 is 0. The van der Waals surface area contributed by atoms with Gasteiger partial charge in [0.15, 0.2) is 5.69 Å². The van der Waals surface area contributed by atoms with Crippen LogP contribution in [0.2, 0.25) is 0 Å². The Morgan fingerprint density at radius 3 is 2.43 bits per heavy atom. The number of nitriles is 1. The van der Waals surface area contributed by atoms with E-state index in [9.17, 15) is 13.2 Å². The number of nitrogens with one attached hydrogen (secondary N) is 1. The van der Waals surface area contributed by atoms with Crippen LogP contribution >= 0.6 is 0 Å². The summed E-state index contributed by atoms with van der Waals surface area (Å²) in [6, 6.07) is 8.95. The van der Waals surface area contributed by atoms with Crippen molar-refractivity contribution in [3.05, 3.63) is 41.7 Å². The Morgan fingerprint density at radius 2 is 1.91 bits per heavy atom. The minimum atomic E-state index is -4.46. The number of benzene rings is 1. The van der Waals surface area contributed by atoms with Gasteiger partial charge in [0.1, 0.15) is 5.82 Å². The molecule has 0 saturated carbocycles. The Balaban J connectivity index is 2.30. The van der Waals surface area contributed by atoms with Crippen molar-refractivity contribution in [2.24, 2.45) is 0 Å². The summed E-state index contributed by atoms with van der Waals surface area (Å²) < 4.78 is 40.2. The molecule has 0 saturated heterocycles. The first-order valence-electron chi connectivity index (χ1n) is 7.16. The second kappa shape index (κ2) is 6.84. The van der Waals surface area contributed by atoms with Crippen LogP contribution in [0.5, 0.6) is 0 Å². The van der Waals surface area contributed by atoms with Gasteiger partial charge in [0.25, 0.3) is 0 Å². The molecule has 1 N–H and O–H groups in total. The van der Waals surface area contributed by atoms with Crippen LogP contribution in [0.4, 0.5) is 13.2 Å². The maximum absolute atomic E-state index is 12.9. The summed E-state index contributed by atoms with van der Waals surface area (Å²) in [7, 11) is 0. The van der Waals surface area contributed by atoms with Crippen molar-refractivity contribution < 1.29 is 13.2 Å². The van der Waals surface area contributed by atoms with Crippen LogP contribution in [0.15, 0.2) is 30.5 Å². The van der Waals surface area contributed by atoms with Gasteiger partial charge in [-0.1, -0.05) is 24.3 Å². The first-order chi connectivity index (χ1) is 10.8. The molecule has 2 rings (SSSR count). The first kappa shape index (κ1) is 17.0. The molecule has 2 aromatic rings. The summed E-state index contributed by atoms with van der Waals surface area (Å²) in [5, 5.41) is 11.4. The van der Waals surface area contributed by atoms with E-state index in [4.69, 9.17) is 5.26 Å². The Kier molecular flexibility index (Phi) is 5.06. The molecule has 0 aliphatic rings. The van der Waals surface area contributed by atoms with E-state index in [0.29, 0.717) is 17.9 Å². The maximum Gasteiger partial charge on any atom is 0.434 e. The van der Waals surface area contributed by atoms with Crippen LogP contribution in [0, 0.1) is 11.3 Å². The fourth-order valence-electron chi connectivity index (χ4n) is 2.17. The molecule has 0 atom stereocenters. The van der Waals surface area contributed by atoms with Crippen molar-refractivity contribution in [1.82, 2.24) is 14.9 Å². The van der Waals surface area contributed by atoms with Crippen molar-refractivity contribution in [2.45, 2.75) is 32.6 Å². The minimum Gasteiger partial charge on any atom is -0.328 e. The number of nitrogens with zero attached hydrogens (tertiary/aromatic N) is 3. The lowest BCUT2D eigenvalue weighted by Crippen LogP contribution is -2.12. The molecular weight excluding hydrogens is 305 g/mol. The molecule has 23 heavy (non-hydrogen) atoms. The molecule has 0 spiro atoms. The van der Waals surface area contributed by atoms with E-state index in [1.807, 2.05) is 32.0 Å². The Hall–Kier alpha value is -2.33. The van der Waals surface area contributed by atoms with Gasteiger partial charge in [-0.05, 0) is 19.4 Å². The van der Waals surface area contributed by atoms with Crippen molar-refractivity contribution in [1.29, 1.82) is 5.26 Å². The van der Waals surface area contributed by atoms with Crippen molar-refractivity contribution in [3.63, 3.8) is 0 Å². The molecule has 4 nitrogen and oxygen atoms in total. The minimum absolute atomic E-state index is 0.134. The van der Waals surface area contributed by atoms with Crippen LogP contribution in [-0.4, -0.2) is 16.1 Å². The van der Waals surface area contributed by atoms with E-state index in [0.717, 1.165) is 11.8 Å². The predicted octanol–water partition coefficient (Wildman–Crippen LogP) is 3.76. The van der Waals surface area contributed by atoms with Gasteiger partial charge in [0.05, 0.1) is 12.6 Å². The van der Waals surface area contributed by atoms with Gasteiger partial charge >= 0.3 is 6.18 Å². The van der Waals surface area contributed by atoms with Crippen molar-refractivity contribution >= 4 is 0 Å². The van der Waals surface area contributed by atoms with E-state index in [1.54, 1.807) is 12.1 Å². The number of hydrogen-bond donors (Lipinski definition) is 1. The van der Waals surface area contributed by atoms with Crippen LogP contribution in [0.3, 0.4) is 0 Å². The highest BCUT2D eigenvalue weighted by atomic mass is 19.4. The van der Waals surface area contributed by atoms with E-state index in [2.05, 4.69) is 10.3 Å². The summed E-state index contributed by atoms with van der Waals surface area (Å²) in [5.74, 6) is 0.295. The fourth-order valence-corrected chi connectivity index (χ4v) is 2.17. The monoisotopic (exact) mass is 322 g/mol. The van der Waals surface area contributed by atoms with Gasteiger partial charge in [0.2, 0.25) is 0 Å². The number of alkyl halides is 3. The van der Waals surface area contributed by atoms with Crippen LogP contribution in [-0.2, 0) is 12.7 Å². The van der Waals surface area contributed by atoms with Gasteiger partial charge in [0, 0.05) is 24.3 Å². The lowest BCUT2D eigenvalue weighted by atomic mass is 10.1. The summed E-state index contributed by atoms with van der Waals surface area (Å²) in [6.45, 7) is 4.39. The summed E-state index contributed by atoms with van der Waals surface area (Å²) in [5.41, 5.74) is 0.682. The highest BCUT2D eigenvalue weighted by molar-refractivity contribution is 5.57. The van der Waals surface area contributed by atoms with Crippen LogP contribution < -0.4 is 5.32 Å². The Morgan fingerprint density at radius 1 is 1.26 bits per heavy atom. The quantitative estimate of drug-likeness (QED) is 0.673. The molecule has 1 heterocycles. The van der Waals surface area contributed by atoms with Gasteiger partial charge in [-0.25, -0.2) is 4.98 Å². The standard InChI is InChI=1S/C16H17F3N4/c1-11(2)23-10-14(16(17,18)19)22-15(23)13-5-3-12(4-6-13)9-21-8-7-20/h3-6,10-11,21H,8-9H2,1-2H3. The lowest BCUT2D eigenvalue weighted by Gasteiger charge is -2.11. The number of rotatable bonds is 5. The van der Waals surface area contributed by atoms with E-state index in [-0.39, 0.29) is 12.6 Å². The normalized spacial score (nSPS) is 11.7. The number of halogens is 3. The smallest absolute Gasteiger partial charge is 0.328 e. The molecule has 0 aliphatic carbocycles. The molecule has 122 valence electrons. The summed E-state index contributed by atoms with van der Waals surface area (Å²) in [4.78, 5) is 3.76. The molecule has 0 amide bonds. The fraction of sp³-hybridized carbons (Fsp3) is 0.375. The number of hydrogen-bond acceptors (Lipinski definition) is 3. The lowest BCUT2D eigenvalue weighted by molar-refractivity contribution is -0.140. The zero-order chi connectivity index (χ0) is 17.0. The van der Waals surface area contributed by atoms with E-state index >= 15 is 0 Å². The van der Waals surface area contributed by atoms with Crippen LogP contribution in [0.1, 0.15) is 31.1 Å². The van der Waals surface area contributed by atoms with Gasteiger partial charge < -0.3 is 9.88 Å². The molecule has 0 aliphatic heterocycles. The molecule has 0 unspecified atom stereocenters. The molecule has 1 aromatic carbocycles. The zero-order valence-corrected chi connectivity index (χ0v) is 12.9. The molecular formula is C16H17F3N4. The maximum atomic E-state index is 12.9. The molecule has 1 aromatic heterocycles. The molecule has 0 fully saturated rings. The SMILES string of the molecule is CC(C)n1cc(C(F)(F)F)nc1-c1ccc(CNCC#N)cc1. The molecule has 7 heteroatoms. The highest BCUT2D eigenvalue weighted by Gasteiger charge is 2.35. The third kappa shape index (κ3) is 4.11. The highest BCUT2D eigenvalue weighted by Crippen LogP contribution is 2.32. The first-order valence-corrected chi connectivity index (χ1v) is 7.16. The van der Waals surface area contributed by atoms with Crippen LogP contribution in [0.25, 0.3) is 11.4 Å². The zero-order valence-electron chi connectivity index (χ0n) is 12.9. The number of imidazole rings is 1. The van der Waals surface area contributed by atoms with Gasteiger partial charge in [-0.3, -0.25) is 0 Å². The average Bonchev–Trinajstić information content (AvgIpc) is 2.94. The Labute approximate surface area is 132 Å². The van der Waals surface area contributed by atoms with E-state index in [1.165, 1.54) is 4.57 Å². The largest absolute Gasteiger partial charge is 0.434 e. The van der Waals surface area contributed by atoms with Gasteiger partial charge in [-0.2, -0.15) is 18.4 Å². The van der Waals surface area contributed by atoms with E-state index < -0.39 is 11.9 Å². The Bertz CT molecular complexity index is 694. The predicted molar refractivity (Wildman–Crippen MR) is 80.4 cm³/mol. The third-order valence-electron chi connectivity index (χ3n) is 3.32. The van der Waals surface area contributed by atoms with Gasteiger partial charge in [-0.15, -0.1) is 0 Å². The molecule has 0 bridgehead atoms. The summed E-state index contributed by atoms with van der Waals surface area (Å²) in [6.07, 6.45) is -3.42. The second-order valence-electron chi connectivity index (χ2n) is 5.41. The average molecular weight is 322 g/mol. The van der Waals surface area contributed by atoms with Crippen molar-refractivity contribution in [3.8, 4) is 17.5 Å².